The first-order valence-corrected chi connectivity index (χ1v) is 9.46. The molecule has 0 radical (unpaired) electrons. The molecule has 3 aromatic rings. The minimum Gasteiger partial charge on any atom is -0.241 e. The van der Waals surface area contributed by atoms with Crippen LogP contribution < -0.4 is 4.72 Å². The summed E-state index contributed by atoms with van der Waals surface area (Å²) in [4.78, 5) is 4.04. The van der Waals surface area contributed by atoms with Gasteiger partial charge in [-0.05, 0) is 24.3 Å². The van der Waals surface area contributed by atoms with Crippen LogP contribution in [0.3, 0.4) is 0 Å². The van der Waals surface area contributed by atoms with E-state index in [0.717, 1.165) is 27.4 Å². The van der Waals surface area contributed by atoms with Crippen molar-refractivity contribution < 1.29 is 17.2 Å². The third kappa shape index (κ3) is 3.61. The number of benzene rings is 2. The minimum atomic E-state index is -3.99. The molecule has 1 atom stereocenters. The molecule has 1 heterocycles. The van der Waals surface area contributed by atoms with Gasteiger partial charge in [-0.15, -0.1) is 11.3 Å². The summed E-state index contributed by atoms with van der Waals surface area (Å²) in [6.07, 6.45) is 0. The Kier molecular flexibility index (Phi) is 4.62. The first-order valence-electron chi connectivity index (χ1n) is 7.16. The lowest BCUT2D eigenvalue weighted by atomic mass is 10.2. The van der Waals surface area contributed by atoms with Crippen molar-refractivity contribution in [3.05, 3.63) is 59.1 Å². The zero-order valence-corrected chi connectivity index (χ0v) is 14.3. The maximum absolute atomic E-state index is 13.2. The van der Waals surface area contributed by atoms with E-state index in [0.29, 0.717) is 6.07 Å². The number of thiazole rings is 1. The molecule has 4 nitrogen and oxygen atoms in total. The highest BCUT2D eigenvalue weighted by Crippen LogP contribution is 2.27. The fourth-order valence-electron chi connectivity index (χ4n) is 2.19. The number of hydrogen-bond acceptors (Lipinski definition) is 4. The Labute approximate surface area is 142 Å². The Balaban J connectivity index is 1.76. The van der Waals surface area contributed by atoms with Crippen LogP contribution in [0.4, 0.5) is 8.78 Å². The number of nitrogens with zero attached hydrogens (tertiary/aromatic N) is 1. The van der Waals surface area contributed by atoms with Gasteiger partial charge in [0.15, 0.2) is 0 Å². The van der Waals surface area contributed by atoms with Gasteiger partial charge in [-0.2, -0.15) is 0 Å². The minimum absolute atomic E-state index is 0.0836. The van der Waals surface area contributed by atoms with E-state index in [1.807, 2.05) is 31.2 Å². The molecule has 0 unspecified atom stereocenters. The Bertz CT molecular complexity index is 933. The molecule has 2 aromatic carbocycles. The van der Waals surface area contributed by atoms with Crippen LogP contribution in [0.15, 0.2) is 47.4 Å². The van der Waals surface area contributed by atoms with Crippen molar-refractivity contribution in [3.63, 3.8) is 0 Å². The summed E-state index contributed by atoms with van der Waals surface area (Å²) in [5, 5.41) is 0.796. The molecule has 1 N–H and O–H groups in total. The summed E-state index contributed by atoms with van der Waals surface area (Å²) in [6, 6.07) is 9.84. The van der Waals surface area contributed by atoms with Gasteiger partial charge in [0.1, 0.15) is 11.6 Å². The molecule has 0 amide bonds. The molecular formula is C16H14F2N2O2S2. The second kappa shape index (κ2) is 6.54. The molecule has 0 aliphatic rings. The van der Waals surface area contributed by atoms with Gasteiger partial charge in [0.05, 0.1) is 20.1 Å². The number of nitrogens with one attached hydrogen (secondary N) is 1. The molecule has 0 saturated carbocycles. The topological polar surface area (TPSA) is 59.1 Å². The lowest BCUT2D eigenvalue weighted by molar-refractivity contribution is 0.558. The molecule has 0 bridgehead atoms. The van der Waals surface area contributed by atoms with Crippen molar-refractivity contribution >= 4 is 31.6 Å². The number of aromatic nitrogens is 1. The molecule has 24 heavy (non-hydrogen) atoms. The van der Waals surface area contributed by atoms with Gasteiger partial charge < -0.3 is 0 Å². The lowest BCUT2D eigenvalue weighted by Gasteiger charge is -2.11. The van der Waals surface area contributed by atoms with Crippen LogP contribution in [0, 0.1) is 11.6 Å². The maximum Gasteiger partial charge on any atom is 0.240 e. The second-order valence-corrected chi connectivity index (χ2v) is 8.21. The van der Waals surface area contributed by atoms with Crippen molar-refractivity contribution in [1.82, 2.24) is 9.71 Å². The van der Waals surface area contributed by atoms with Gasteiger partial charge in [-0.3, -0.25) is 0 Å². The smallest absolute Gasteiger partial charge is 0.240 e. The van der Waals surface area contributed by atoms with Crippen LogP contribution in [0.25, 0.3) is 10.2 Å². The van der Waals surface area contributed by atoms with E-state index in [9.17, 15) is 17.2 Å². The van der Waals surface area contributed by atoms with Gasteiger partial charge in [0.25, 0.3) is 0 Å². The fraction of sp³-hybridized carbons (Fsp3) is 0.188. The van der Waals surface area contributed by atoms with E-state index in [1.54, 1.807) is 0 Å². The molecule has 1 aromatic heterocycles. The van der Waals surface area contributed by atoms with Crippen LogP contribution in [0.1, 0.15) is 17.8 Å². The summed E-state index contributed by atoms with van der Waals surface area (Å²) in [7, 11) is -3.99. The van der Waals surface area contributed by atoms with Gasteiger partial charge >= 0.3 is 0 Å². The number of para-hydroxylation sites is 1. The molecule has 126 valence electrons. The first kappa shape index (κ1) is 16.9. The molecule has 0 aliphatic carbocycles. The lowest BCUT2D eigenvalue weighted by Crippen LogP contribution is -2.27. The van der Waals surface area contributed by atoms with Crippen molar-refractivity contribution in [1.29, 1.82) is 0 Å². The summed E-state index contributed by atoms with van der Waals surface area (Å²) < 4.78 is 54.2. The van der Waals surface area contributed by atoms with E-state index in [2.05, 4.69) is 9.71 Å². The third-order valence-electron chi connectivity index (χ3n) is 3.46. The van der Waals surface area contributed by atoms with Crippen LogP contribution in [0.5, 0.6) is 0 Å². The largest absolute Gasteiger partial charge is 0.241 e. The Morgan fingerprint density at radius 2 is 1.83 bits per heavy atom. The molecule has 0 spiro atoms. The highest BCUT2D eigenvalue weighted by atomic mass is 32.2. The van der Waals surface area contributed by atoms with E-state index < -0.39 is 26.6 Å². The molecule has 8 heteroatoms. The van der Waals surface area contributed by atoms with Gasteiger partial charge in [0, 0.05) is 18.5 Å². The molecule has 3 rings (SSSR count). The summed E-state index contributed by atoms with van der Waals surface area (Å²) in [5.41, 5.74) is 0.861. The third-order valence-corrected chi connectivity index (χ3v) is 6.13. The number of halogens is 2. The average Bonchev–Trinajstić information content (AvgIpc) is 2.96. The normalized spacial score (nSPS) is 13.3. The van der Waals surface area contributed by atoms with Crippen molar-refractivity contribution in [2.24, 2.45) is 0 Å². The van der Waals surface area contributed by atoms with Crippen molar-refractivity contribution in [2.45, 2.75) is 17.7 Å². The Morgan fingerprint density at radius 3 is 2.50 bits per heavy atom. The summed E-state index contributed by atoms with van der Waals surface area (Å²) >= 11 is 1.49. The van der Waals surface area contributed by atoms with E-state index in [-0.39, 0.29) is 12.5 Å². The number of rotatable bonds is 5. The monoisotopic (exact) mass is 368 g/mol. The van der Waals surface area contributed by atoms with Gasteiger partial charge in [-0.1, -0.05) is 19.1 Å². The van der Waals surface area contributed by atoms with E-state index in [1.165, 1.54) is 11.3 Å². The number of sulfonamides is 1. The first-order chi connectivity index (χ1) is 11.3. The number of hydrogen-bond donors (Lipinski definition) is 1. The quantitative estimate of drug-likeness (QED) is 0.748. The molecule has 0 fully saturated rings. The summed E-state index contributed by atoms with van der Waals surface area (Å²) in [5.74, 6) is -2.04. The van der Waals surface area contributed by atoms with Crippen molar-refractivity contribution in [2.75, 3.05) is 6.54 Å². The SMILES string of the molecule is C[C@@H](CNS(=O)(=O)c1cc(F)cc(F)c1)c1nc2ccccc2s1. The fourth-order valence-corrected chi connectivity index (χ4v) is 4.38. The van der Waals surface area contributed by atoms with E-state index in [4.69, 9.17) is 0 Å². The van der Waals surface area contributed by atoms with Crippen LogP contribution >= 0.6 is 11.3 Å². The van der Waals surface area contributed by atoms with Crippen LogP contribution in [-0.2, 0) is 10.0 Å². The van der Waals surface area contributed by atoms with Gasteiger partial charge in [-0.25, -0.2) is 26.9 Å². The highest BCUT2D eigenvalue weighted by molar-refractivity contribution is 7.89. The number of fused-ring (bicyclic) bond motifs is 1. The van der Waals surface area contributed by atoms with Gasteiger partial charge in [0.2, 0.25) is 10.0 Å². The molecule has 0 aliphatic heterocycles. The average molecular weight is 368 g/mol. The standard InChI is InChI=1S/C16H14F2N2O2S2/c1-10(16-20-14-4-2-3-5-15(14)23-16)9-19-24(21,22)13-7-11(17)6-12(18)8-13/h2-8,10,19H,9H2,1H3/t10-/m0/s1. The highest BCUT2D eigenvalue weighted by Gasteiger charge is 2.19. The second-order valence-electron chi connectivity index (χ2n) is 5.38. The Morgan fingerprint density at radius 1 is 1.17 bits per heavy atom. The van der Waals surface area contributed by atoms with Crippen LogP contribution in [-0.4, -0.2) is 19.9 Å². The Hall–Kier alpha value is -1.90. The summed E-state index contributed by atoms with van der Waals surface area (Å²) in [6.45, 7) is 1.92. The zero-order chi connectivity index (χ0) is 17.3. The van der Waals surface area contributed by atoms with Crippen LogP contribution in [0.2, 0.25) is 0 Å². The predicted octanol–water partition coefficient (Wildman–Crippen LogP) is 3.66. The maximum atomic E-state index is 13.2. The molecular weight excluding hydrogens is 354 g/mol. The predicted molar refractivity (Wildman–Crippen MR) is 89.6 cm³/mol. The zero-order valence-electron chi connectivity index (χ0n) is 12.7. The molecule has 0 saturated heterocycles. The van der Waals surface area contributed by atoms with Crippen molar-refractivity contribution in [3.8, 4) is 0 Å². The van der Waals surface area contributed by atoms with E-state index >= 15 is 0 Å².